The predicted molar refractivity (Wildman–Crippen MR) is 90.4 cm³/mol. The summed E-state index contributed by atoms with van der Waals surface area (Å²) in [6, 6.07) is 10.7. The molecule has 0 radical (unpaired) electrons. The molecule has 110 valence electrons. The van der Waals surface area contributed by atoms with Gasteiger partial charge in [-0.15, -0.1) is 0 Å². The highest BCUT2D eigenvalue weighted by atomic mass is 32.2. The van der Waals surface area contributed by atoms with Crippen LogP contribution in [0.3, 0.4) is 0 Å². The van der Waals surface area contributed by atoms with Gasteiger partial charge in [-0.2, -0.15) is 0 Å². The van der Waals surface area contributed by atoms with Crippen molar-refractivity contribution in [1.29, 1.82) is 0 Å². The number of nitrogens with zero attached hydrogens (tertiary/aromatic N) is 1. The van der Waals surface area contributed by atoms with E-state index >= 15 is 0 Å². The Bertz CT molecular complexity index is 416. The van der Waals surface area contributed by atoms with E-state index in [2.05, 4.69) is 54.5 Å². The Kier molecular flexibility index (Phi) is 6.44. The molecule has 0 aliphatic carbocycles. The van der Waals surface area contributed by atoms with Gasteiger partial charge in [0.15, 0.2) is 5.17 Å². The van der Waals surface area contributed by atoms with E-state index < -0.39 is 0 Å². The molecule has 1 N–H and O–H groups in total. The fraction of sp³-hybridized carbons (Fsp3) is 0.588. The largest absolute Gasteiger partial charge is 0.365 e. The number of hydrogen-bond donors (Lipinski definition) is 1. The molecule has 0 fully saturated rings. The molecule has 1 aliphatic rings. The lowest BCUT2D eigenvalue weighted by molar-refractivity contribution is 0.447. The van der Waals surface area contributed by atoms with Crippen molar-refractivity contribution in [2.45, 2.75) is 44.8 Å². The molecule has 1 aliphatic heterocycles. The van der Waals surface area contributed by atoms with Crippen LogP contribution in [-0.4, -0.2) is 18.3 Å². The molecular formula is C17H26N2S. The number of hydrogen-bond acceptors (Lipinski definition) is 3. The Labute approximate surface area is 127 Å². The molecule has 0 saturated heterocycles. The van der Waals surface area contributed by atoms with E-state index in [9.17, 15) is 0 Å². The third-order valence-electron chi connectivity index (χ3n) is 3.91. The van der Waals surface area contributed by atoms with Crippen LogP contribution in [0.4, 0.5) is 0 Å². The third-order valence-corrected chi connectivity index (χ3v) is 5.11. The summed E-state index contributed by atoms with van der Waals surface area (Å²) >= 11 is 1.88. The van der Waals surface area contributed by atoms with Crippen molar-refractivity contribution in [2.75, 3.05) is 13.1 Å². The summed E-state index contributed by atoms with van der Waals surface area (Å²) in [5, 5.41) is 5.18. The minimum Gasteiger partial charge on any atom is -0.365 e. The maximum absolute atomic E-state index is 4.65. The van der Waals surface area contributed by atoms with E-state index in [1.807, 2.05) is 11.8 Å². The van der Waals surface area contributed by atoms with Crippen molar-refractivity contribution in [3.05, 3.63) is 35.9 Å². The summed E-state index contributed by atoms with van der Waals surface area (Å²) in [6.07, 6.45) is 5.22. The number of unbranched alkanes of at least 4 members (excludes halogenated alkanes) is 1. The average Bonchev–Trinajstić information content (AvgIpc) is 2.97. The van der Waals surface area contributed by atoms with Gasteiger partial charge in [-0.1, -0.05) is 75.2 Å². The fourth-order valence-electron chi connectivity index (χ4n) is 2.49. The van der Waals surface area contributed by atoms with Crippen molar-refractivity contribution in [2.24, 2.45) is 10.9 Å². The summed E-state index contributed by atoms with van der Waals surface area (Å²) in [7, 11) is 0. The lowest BCUT2D eigenvalue weighted by atomic mass is 10.00. The average molecular weight is 290 g/mol. The number of benzene rings is 1. The lowest BCUT2D eigenvalue weighted by Crippen LogP contribution is -2.26. The zero-order chi connectivity index (χ0) is 14.2. The molecule has 0 amide bonds. The second kappa shape index (κ2) is 8.35. The molecule has 2 unspecified atom stereocenters. The molecule has 2 atom stereocenters. The number of rotatable bonds is 7. The smallest absolute Gasteiger partial charge is 0.157 e. The van der Waals surface area contributed by atoms with Crippen molar-refractivity contribution in [3.63, 3.8) is 0 Å². The Morgan fingerprint density at radius 1 is 1.30 bits per heavy atom. The molecule has 0 bridgehead atoms. The number of nitrogens with one attached hydrogen (secondary N) is 1. The normalized spacial score (nSPS) is 19.7. The van der Waals surface area contributed by atoms with Crippen molar-refractivity contribution in [1.82, 2.24) is 5.32 Å². The molecule has 0 saturated carbocycles. The highest BCUT2D eigenvalue weighted by molar-refractivity contribution is 8.14. The fourth-order valence-corrected chi connectivity index (χ4v) is 3.52. The first-order chi connectivity index (χ1) is 9.83. The van der Waals surface area contributed by atoms with E-state index in [1.165, 1.54) is 31.2 Å². The van der Waals surface area contributed by atoms with Gasteiger partial charge in [-0.3, -0.25) is 4.99 Å². The predicted octanol–water partition coefficient (Wildman–Crippen LogP) is 4.64. The summed E-state index contributed by atoms with van der Waals surface area (Å²) in [5.41, 5.74) is 1.39. The van der Waals surface area contributed by atoms with Crippen LogP contribution < -0.4 is 5.32 Å². The van der Waals surface area contributed by atoms with Crippen LogP contribution >= 0.6 is 11.8 Å². The Hall–Kier alpha value is -0.960. The van der Waals surface area contributed by atoms with E-state index in [0.717, 1.165) is 24.2 Å². The maximum atomic E-state index is 4.65. The van der Waals surface area contributed by atoms with Crippen molar-refractivity contribution < 1.29 is 0 Å². The quantitative estimate of drug-likeness (QED) is 0.791. The van der Waals surface area contributed by atoms with Gasteiger partial charge in [0.25, 0.3) is 0 Å². The van der Waals surface area contributed by atoms with Crippen molar-refractivity contribution >= 4 is 16.9 Å². The molecule has 2 nitrogen and oxygen atoms in total. The zero-order valence-corrected chi connectivity index (χ0v) is 13.5. The van der Waals surface area contributed by atoms with E-state index in [-0.39, 0.29) is 0 Å². The van der Waals surface area contributed by atoms with Gasteiger partial charge in [0, 0.05) is 6.54 Å². The van der Waals surface area contributed by atoms with Crippen LogP contribution in [-0.2, 0) is 0 Å². The van der Waals surface area contributed by atoms with Crippen LogP contribution in [0.5, 0.6) is 0 Å². The number of amidine groups is 1. The van der Waals surface area contributed by atoms with Crippen LogP contribution in [0.25, 0.3) is 0 Å². The van der Waals surface area contributed by atoms with Crippen LogP contribution in [0, 0.1) is 5.92 Å². The van der Waals surface area contributed by atoms with Crippen LogP contribution in [0.15, 0.2) is 35.3 Å². The van der Waals surface area contributed by atoms with E-state index in [0.29, 0.717) is 5.25 Å². The first-order valence-corrected chi connectivity index (χ1v) is 8.71. The standard InChI is InChI=1S/C17H26N2S/c1-3-5-9-14(4-2)12-18-17-19-13-16(20-17)15-10-7-6-8-11-15/h6-8,10-11,14,16H,3-5,9,12-13H2,1-2H3,(H,18,19). The van der Waals surface area contributed by atoms with Gasteiger partial charge < -0.3 is 5.32 Å². The first kappa shape index (κ1) is 15.4. The first-order valence-electron chi connectivity index (χ1n) is 7.83. The van der Waals surface area contributed by atoms with Gasteiger partial charge in [-0.05, 0) is 17.9 Å². The second-order valence-corrected chi connectivity index (χ2v) is 6.65. The maximum Gasteiger partial charge on any atom is 0.157 e. The molecule has 0 aromatic heterocycles. The second-order valence-electron chi connectivity index (χ2n) is 5.46. The van der Waals surface area contributed by atoms with Gasteiger partial charge in [-0.25, -0.2) is 0 Å². The van der Waals surface area contributed by atoms with Gasteiger partial charge in [0.05, 0.1) is 11.8 Å². The lowest BCUT2D eigenvalue weighted by Gasteiger charge is -2.16. The van der Waals surface area contributed by atoms with Gasteiger partial charge in [0.1, 0.15) is 0 Å². The molecule has 0 spiro atoms. The summed E-state index contributed by atoms with van der Waals surface area (Å²) in [6.45, 7) is 6.53. The van der Waals surface area contributed by atoms with E-state index in [4.69, 9.17) is 0 Å². The minimum atomic E-state index is 0.495. The highest BCUT2D eigenvalue weighted by Gasteiger charge is 2.21. The summed E-state index contributed by atoms with van der Waals surface area (Å²) in [5.74, 6) is 0.786. The van der Waals surface area contributed by atoms with Crippen molar-refractivity contribution in [3.8, 4) is 0 Å². The van der Waals surface area contributed by atoms with E-state index in [1.54, 1.807) is 0 Å². The topological polar surface area (TPSA) is 24.4 Å². The SMILES string of the molecule is CCCCC(CC)CNC1=NCC(c2ccccc2)S1. The number of thioether (sulfide) groups is 1. The third kappa shape index (κ3) is 4.55. The Balaban J connectivity index is 1.75. The van der Waals surface area contributed by atoms with Crippen LogP contribution in [0.2, 0.25) is 0 Å². The summed E-state index contributed by atoms with van der Waals surface area (Å²) in [4.78, 5) is 4.65. The van der Waals surface area contributed by atoms with Gasteiger partial charge in [0.2, 0.25) is 0 Å². The zero-order valence-electron chi connectivity index (χ0n) is 12.6. The molecule has 1 aromatic rings. The molecule has 1 heterocycles. The number of aliphatic imine (C=N–C) groups is 1. The highest BCUT2D eigenvalue weighted by Crippen LogP contribution is 2.34. The van der Waals surface area contributed by atoms with Gasteiger partial charge >= 0.3 is 0 Å². The molecule has 1 aromatic carbocycles. The van der Waals surface area contributed by atoms with Crippen LogP contribution in [0.1, 0.15) is 50.3 Å². The Morgan fingerprint density at radius 2 is 2.10 bits per heavy atom. The summed E-state index contributed by atoms with van der Waals surface area (Å²) < 4.78 is 0. The Morgan fingerprint density at radius 3 is 2.80 bits per heavy atom. The minimum absolute atomic E-state index is 0.495. The molecule has 20 heavy (non-hydrogen) atoms. The molecule has 3 heteroatoms. The molecule has 2 rings (SSSR count). The monoisotopic (exact) mass is 290 g/mol. The molecular weight excluding hydrogens is 264 g/mol.